The van der Waals surface area contributed by atoms with Crippen LogP contribution in [0, 0.1) is 0 Å². The number of carbonyl (C=O) groups is 1. The van der Waals surface area contributed by atoms with E-state index in [4.69, 9.17) is 0 Å². The molecule has 0 unspecified atom stereocenters. The van der Waals surface area contributed by atoms with Crippen LogP contribution in [0.1, 0.15) is 20.3 Å². The number of Topliss-reactive ketones (excluding diaryl/α,β-unsaturated/α-hetero) is 1. The van der Waals surface area contributed by atoms with Gasteiger partial charge in [-0.1, -0.05) is 6.92 Å². The molecule has 3 nitrogen and oxygen atoms in total. The molecule has 0 N–H and O–H groups in total. The van der Waals surface area contributed by atoms with E-state index in [1.165, 1.54) is 0 Å². The van der Waals surface area contributed by atoms with Gasteiger partial charge in [0.1, 0.15) is 5.78 Å². The standard InChI is InChI=1S/C10H22N2O/c1-5-6-12(9-10(2)13)8-7-11(3)4/h5-9H2,1-4H3. The average Bonchev–Trinajstić information content (AvgIpc) is 1.99. The van der Waals surface area contributed by atoms with Crippen molar-refractivity contribution in [3.63, 3.8) is 0 Å². The zero-order chi connectivity index (χ0) is 10.3. The van der Waals surface area contributed by atoms with Crippen LogP contribution in [-0.4, -0.2) is 55.9 Å². The molecule has 0 aromatic heterocycles. The number of hydrogen-bond acceptors (Lipinski definition) is 3. The summed E-state index contributed by atoms with van der Waals surface area (Å²) in [7, 11) is 4.11. The maximum Gasteiger partial charge on any atom is 0.143 e. The van der Waals surface area contributed by atoms with Gasteiger partial charge in [0.05, 0.1) is 6.54 Å². The smallest absolute Gasteiger partial charge is 0.143 e. The lowest BCUT2D eigenvalue weighted by Gasteiger charge is -2.22. The third-order valence-electron chi connectivity index (χ3n) is 1.85. The van der Waals surface area contributed by atoms with Crippen molar-refractivity contribution < 1.29 is 4.79 Å². The van der Waals surface area contributed by atoms with Crippen molar-refractivity contribution in [3.05, 3.63) is 0 Å². The van der Waals surface area contributed by atoms with Gasteiger partial charge in [0.25, 0.3) is 0 Å². The van der Waals surface area contributed by atoms with E-state index in [-0.39, 0.29) is 5.78 Å². The van der Waals surface area contributed by atoms with Crippen LogP contribution in [0.4, 0.5) is 0 Å². The van der Waals surface area contributed by atoms with Crippen LogP contribution in [0.5, 0.6) is 0 Å². The Kier molecular flexibility index (Phi) is 6.82. The molecule has 0 aromatic carbocycles. The fourth-order valence-electron chi connectivity index (χ4n) is 1.24. The van der Waals surface area contributed by atoms with Crippen molar-refractivity contribution >= 4 is 5.78 Å². The van der Waals surface area contributed by atoms with Crippen LogP contribution >= 0.6 is 0 Å². The second kappa shape index (κ2) is 7.04. The second-order valence-electron chi connectivity index (χ2n) is 3.78. The minimum atomic E-state index is 0.257. The van der Waals surface area contributed by atoms with E-state index in [1.807, 2.05) is 0 Å². The van der Waals surface area contributed by atoms with E-state index < -0.39 is 0 Å². The highest BCUT2D eigenvalue weighted by molar-refractivity contribution is 5.77. The molecule has 0 aliphatic heterocycles. The van der Waals surface area contributed by atoms with E-state index in [1.54, 1.807) is 6.92 Å². The molecule has 0 aromatic rings. The third-order valence-corrected chi connectivity index (χ3v) is 1.85. The van der Waals surface area contributed by atoms with Gasteiger partial charge in [0.15, 0.2) is 0 Å². The summed E-state index contributed by atoms with van der Waals surface area (Å²) in [5, 5.41) is 0. The predicted molar refractivity (Wildman–Crippen MR) is 56.0 cm³/mol. The maximum atomic E-state index is 10.9. The average molecular weight is 186 g/mol. The zero-order valence-corrected chi connectivity index (χ0v) is 9.34. The van der Waals surface area contributed by atoms with Crippen molar-refractivity contribution in [2.75, 3.05) is 40.3 Å². The molecule has 0 rings (SSSR count). The van der Waals surface area contributed by atoms with Gasteiger partial charge in [0, 0.05) is 13.1 Å². The lowest BCUT2D eigenvalue weighted by Crippen LogP contribution is -2.35. The molecule has 0 saturated carbocycles. The van der Waals surface area contributed by atoms with Crippen LogP contribution < -0.4 is 0 Å². The Hall–Kier alpha value is -0.410. The molecular formula is C10H22N2O. The first-order valence-electron chi connectivity index (χ1n) is 4.92. The largest absolute Gasteiger partial charge is 0.308 e. The van der Waals surface area contributed by atoms with Gasteiger partial charge in [-0.3, -0.25) is 9.69 Å². The summed E-state index contributed by atoms with van der Waals surface area (Å²) in [6.45, 7) is 7.42. The first-order valence-corrected chi connectivity index (χ1v) is 4.92. The van der Waals surface area contributed by atoms with E-state index >= 15 is 0 Å². The summed E-state index contributed by atoms with van der Waals surface area (Å²) in [5.74, 6) is 0.257. The van der Waals surface area contributed by atoms with Crippen molar-refractivity contribution in [1.82, 2.24) is 9.80 Å². The Morgan fingerprint density at radius 3 is 2.15 bits per heavy atom. The predicted octanol–water partition coefficient (Wildman–Crippen LogP) is 0.849. The van der Waals surface area contributed by atoms with Crippen molar-refractivity contribution in [2.24, 2.45) is 0 Å². The molecule has 0 fully saturated rings. The number of carbonyl (C=O) groups excluding carboxylic acids is 1. The Labute approximate surface area is 81.7 Å². The quantitative estimate of drug-likeness (QED) is 0.589. The van der Waals surface area contributed by atoms with Crippen LogP contribution in [0.2, 0.25) is 0 Å². The summed E-state index contributed by atoms with van der Waals surface area (Å²) < 4.78 is 0. The van der Waals surface area contributed by atoms with E-state index in [0.29, 0.717) is 6.54 Å². The van der Waals surface area contributed by atoms with Crippen LogP contribution in [-0.2, 0) is 4.79 Å². The lowest BCUT2D eigenvalue weighted by molar-refractivity contribution is -0.118. The van der Waals surface area contributed by atoms with E-state index in [9.17, 15) is 4.79 Å². The zero-order valence-electron chi connectivity index (χ0n) is 9.34. The fraction of sp³-hybridized carbons (Fsp3) is 0.900. The Bertz CT molecular complexity index is 146. The van der Waals surface area contributed by atoms with Gasteiger partial charge < -0.3 is 4.90 Å². The van der Waals surface area contributed by atoms with Crippen molar-refractivity contribution in [3.8, 4) is 0 Å². The summed E-state index contributed by atoms with van der Waals surface area (Å²) in [4.78, 5) is 15.3. The van der Waals surface area contributed by atoms with Gasteiger partial charge in [-0.05, 0) is 34.0 Å². The van der Waals surface area contributed by atoms with Gasteiger partial charge in [-0.15, -0.1) is 0 Å². The van der Waals surface area contributed by atoms with Crippen molar-refractivity contribution in [1.29, 1.82) is 0 Å². The SMILES string of the molecule is CCCN(CCN(C)C)CC(C)=O. The topological polar surface area (TPSA) is 23.6 Å². The molecule has 3 heteroatoms. The number of rotatable bonds is 7. The van der Waals surface area contributed by atoms with Crippen LogP contribution in [0.15, 0.2) is 0 Å². The Morgan fingerprint density at radius 2 is 1.77 bits per heavy atom. The highest BCUT2D eigenvalue weighted by Gasteiger charge is 2.06. The van der Waals surface area contributed by atoms with Gasteiger partial charge >= 0.3 is 0 Å². The molecule has 0 bridgehead atoms. The molecule has 0 saturated heterocycles. The first kappa shape index (κ1) is 12.6. The second-order valence-corrected chi connectivity index (χ2v) is 3.78. The summed E-state index contributed by atoms with van der Waals surface area (Å²) in [5.41, 5.74) is 0. The minimum absolute atomic E-state index is 0.257. The minimum Gasteiger partial charge on any atom is -0.308 e. The lowest BCUT2D eigenvalue weighted by atomic mass is 10.3. The Morgan fingerprint density at radius 1 is 1.15 bits per heavy atom. The Balaban J connectivity index is 3.72. The molecule has 0 radical (unpaired) electrons. The molecule has 0 spiro atoms. The summed E-state index contributed by atoms with van der Waals surface area (Å²) in [6, 6.07) is 0. The molecular weight excluding hydrogens is 164 g/mol. The van der Waals surface area contributed by atoms with Crippen LogP contribution in [0.3, 0.4) is 0 Å². The van der Waals surface area contributed by atoms with E-state index in [2.05, 4.69) is 30.8 Å². The monoisotopic (exact) mass is 186 g/mol. The first-order chi connectivity index (χ1) is 6.06. The summed E-state index contributed by atoms with van der Waals surface area (Å²) in [6.07, 6.45) is 1.11. The number of likely N-dealkylation sites (N-methyl/N-ethyl adjacent to an activating group) is 1. The number of hydrogen-bond donors (Lipinski definition) is 0. The number of nitrogens with zero attached hydrogens (tertiary/aromatic N) is 2. The van der Waals surface area contributed by atoms with Gasteiger partial charge in [-0.25, -0.2) is 0 Å². The van der Waals surface area contributed by atoms with Crippen molar-refractivity contribution in [2.45, 2.75) is 20.3 Å². The van der Waals surface area contributed by atoms with E-state index in [0.717, 1.165) is 26.1 Å². The molecule has 0 heterocycles. The molecule has 0 aliphatic rings. The van der Waals surface area contributed by atoms with Gasteiger partial charge in [0.2, 0.25) is 0 Å². The fourth-order valence-corrected chi connectivity index (χ4v) is 1.24. The normalized spacial score (nSPS) is 11.2. The molecule has 13 heavy (non-hydrogen) atoms. The highest BCUT2D eigenvalue weighted by atomic mass is 16.1. The highest BCUT2D eigenvalue weighted by Crippen LogP contribution is 1.92. The third kappa shape index (κ3) is 7.94. The molecule has 0 atom stereocenters. The number of ketones is 1. The maximum absolute atomic E-state index is 10.9. The summed E-state index contributed by atoms with van der Waals surface area (Å²) >= 11 is 0. The van der Waals surface area contributed by atoms with Gasteiger partial charge in [-0.2, -0.15) is 0 Å². The molecule has 78 valence electrons. The van der Waals surface area contributed by atoms with Crippen LogP contribution in [0.25, 0.3) is 0 Å². The molecule has 0 amide bonds. The molecule has 0 aliphatic carbocycles.